The van der Waals surface area contributed by atoms with Crippen molar-refractivity contribution >= 4 is 22.7 Å². The third-order valence-electron chi connectivity index (χ3n) is 6.17. The van der Waals surface area contributed by atoms with E-state index in [0.29, 0.717) is 22.7 Å². The van der Waals surface area contributed by atoms with Crippen LogP contribution in [-0.2, 0) is 16.2 Å². The number of benzene rings is 3. The monoisotopic (exact) mass is 458 g/mol. The van der Waals surface area contributed by atoms with E-state index in [0.717, 1.165) is 15.4 Å². The largest absolute Gasteiger partial charge is 0.754 e. The maximum Gasteiger partial charge on any atom is 0.265 e. The van der Waals surface area contributed by atoms with Gasteiger partial charge in [-0.2, -0.15) is 0 Å². The van der Waals surface area contributed by atoms with E-state index in [1.807, 2.05) is 60.7 Å². The van der Waals surface area contributed by atoms with Gasteiger partial charge in [-0.25, -0.2) is 0 Å². The Balaban J connectivity index is 2.02. The number of hydrogen-bond acceptors (Lipinski definition) is 3. The van der Waals surface area contributed by atoms with Crippen molar-refractivity contribution in [1.82, 2.24) is 4.76 Å². The average molecular weight is 459 g/mol. The smallest absolute Gasteiger partial charge is 0.265 e. The van der Waals surface area contributed by atoms with Gasteiger partial charge in [-0.1, -0.05) is 86.6 Å². The molecule has 0 amide bonds. The summed E-state index contributed by atoms with van der Waals surface area (Å²) in [4.78, 5) is 13.3. The molecule has 0 atom stereocenters. The van der Waals surface area contributed by atoms with Crippen molar-refractivity contribution < 1.29 is 0 Å². The zero-order valence-corrected chi connectivity index (χ0v) is 22.1. The highest BCUT2D eigenvalue weighted by Gasteiger charge is 2.25. The Labute approximate surface area is 204 Å². The molecule has 0 aliphatic rings. The van der Waals surface area contributed by atoms with Crippen LogP contribution in [0.3, 0.4) is 0 Å². The summed E-state index contributed by atoms with van der Waals surface area (Å²) in [5, 5.41) is 14.3. The normalized spacial score (nSPS) is 12.5. The van der Waals surface area contributed by atoms with Gasteiger partial charge in [0.1, 0.15) is 0 Å². The molecule has 34 heavy (non-hydrogen) atoms. The first kappa shape index (κ1) is 25.6. The Bertz CT molecular complexity index is 1160. The highest BCUT2D eigenvalue weighted by atomic mass is 16.5. The Morgan fingerprint density at radius 3 is 1.44 bits per heavy atom. The molecule has 3 rings (SSSR count). The second-order valence-corrected chi connectivity index (χ2v) is 12.2. The SMILES string of the molecule is CC(C)(C)c1ccc(N([O-])c2cc([N+](=O)c3ccc(C(C)(C)C)cc3)cc(C(C)(C)C)c2)cc1. The van der Waals surface area contributed by atoms with E-state index in [9.17, 15) is 10.1 Å². The van der Waals surface area contributed by atoms with E-state index in [1.165, 1.54) is 11.1 Å². The minimum atomic E-state index is -0.224. The summed E-state index contributed by atoms with van der Waals surface area (Å²) < 4.78 is 0.904. The van der Waals surface area contributed by atoms with Crippen molar-refractivity contribution in [3.63, 3.8) is 0 Å². The predicted octanol–water partition coefficient (Wildman–Crippen LogP) is 8.82. The average Bonchev–Trinajstić information content (AvgIpc) is 2.76. The van der Waals surface area contributed by atoms with E-state index in [1.54, 1.807) is 6.07 Å². The molecule has 3 aromatic rings. The lowest BCUT2D eigenvalue weighted by Gasteiger charge is -2.32. The van der Waals surface area contributed by atoms with Crippen molar-refractivity contribution in [3.05, 3.63) is 93.5 Å². The summed E-state index contributed by atoms with van der Waals surface area (Å²) >= 11 is 0. The molecule has 3 aromatic carbocycles. The summed E-state index contributed by atoms with van der Waals surface area (Å²) in [5.41, 5.74) is 5.02. The first-order valence-corrected chi connectivity index (χ1v) is 11.9. The Morgan fingerprint density at radius 2 is 1.00 bits per heavy atom. The maximum atomic E-state index is 13.3. The number of rotatable bonds is 4. The molecule has 180 valence electrons. The summed E-state index contributed by atoms with van der Waals surface area (Å²) in [6, 6.07) is 20.8. The molecule has 0 unspecified atom stereocenters. The molecular formula is C30H38N2O2. The molecule has 0 saturated heterocycles. The van der Waals surface area contributed by atoms with Crippen molar-refractivity contribution in [2.45, 2.75) is 78.6 Å². The lowest BCUT2D eigenvalue weighted by molar-refractivity contribution is 0.589. The third-order valence-corrected chi connectivity index (χ3v) is 6.17. The quantitative estimate of drug-likeness (QED) is 0.290. The number of nitrogens with zero attached hydrogens (tertiary/aromatic N) is 2. The van der Waals surface area contributed by atoms with Crippen molar-refractivity contribution in [2.24, 2.45) is 0 Å². The van der Waals surface area contributed by atoms with Crippen LogP contribution in [0.15, 0.2) is 66.7 Å². The lowest BCUT2D eigenvalue weighted by Crippen LogP contribution is -2.15. The summed E-state index contributed by atoms with van der Waals surface area (Å²) in [5.74, 6) is 0. The Hall–Kier alpha value is -2.98. The maximum absolute atomic E-state index is 13.3. The predicted molar refractivity (Wildman–Crippen MR) is 146 cm³/mol. The molecule has 0 aromatic heterocycles. The fraction of sp³-hybridized carbons (Fsp3) is 0.400. The minimum Gasteiger partial charge on any atom is -0.754 e. The summed E-state index contributed by atoms with van der Waals surface area (Å²) in [7, 11) is 0. The highest BCUT2D eigenvalue weighted by Crippen LogP contribution is 2.36. The van der Waals surface area contributed by atoms with Gasteiger partial charge in [-0.3, -0.25) is 0 Å². The minimum absolute atomic E-state index is 0.0111. The van der Waals surface area contributed by atoms with Crippen LogP contribution < -0.4 is 9.82 Å². The van der Waals surface area contributed by atoms with Gasteiger partial charge >= 0.3 is 0 Å². The van der Waals surface area contributed by atoms with Crippen LogP contribution >= 0.6 is 0 Å². The standard InChI is InChI=1S/C30H38N2O2/c1-28(2,3)21-10-14-24(15-11-21)31(33)26-18-23(30(7,8)9)19-27(20-26)32(34)25-16-12-22(13-17-25)29(4,5)6/h10-20H,1-9H3. The van der Waals surface area contributed by atoms with E-state index in [2.05, 4.69) is 62.3 Å². The molecule has 4 nitrogen and oxygen atoms in total. The van der Waals surface area contributed by atoms with E-state index in [-0.39, 0.29) is 16.2 Å². The van der Waals surface area contributed by atoms with Crippen LogP contribution in [0.1, 0.15) is 79.0 Å². The van der Waals surface area contributed by atoms with Crippen LogP contribution in [0.2, 0.25) is 0 Å². The van der Waals surface area contributed by atoms with Crippen molar-refractivity contribution in [3.8, 4) is 0 Å². The molecule has 0 radical (unpaired) electrons. The number of hydrogen-bond donors (Lipinski definition) is 0. The van der Waals surface area contributed by atoms with Gasteiger partial charge < -0.3 is 10.3 Å². The van der Waals surface area contributed by atoms with Gasteiger partial charge in [0, 0.05) is 40.5 Å². The van der Waals surface area contributed by atoms with Crippen LogP contribution in [0.5, 0.6) is 0 Å². The van der Waals surface area contributed by atoms with Gasteiger partial charge in [0.25, 0.3) is 11.4 Å². The topological polar surface area (TPSA) is 46.4 Å². The Kier molecular flexibility index (Phi) is 6.78. The molecular weight excluding hydrogens is 420 g/mol. The molecule has 0 bridgehead atoms. The fourth-order valence-electron chi connectivity index (χ4n) is 3.75. The zero-order valence-electron chi connectivity index (χ0n) is 22.1. The molecule has 0 saturated carbocycles. The lowest BCUT2D eigenvalue weighted by atomic mass is 9.86. The zero-order chi connectivity index (χ0) is 25.5. The van der Waals surface area contributed by atoms with Gasteiger partial charge in [0.2, 0.25) is 0 Å². The summed E-state index contributed by atoms with van der Waals surface area (Å²) in [6.45, 7) is 19.1. The van der Waals surface area contributed by atoms with E-state index >= 15 is 0 Å². The first-order valence-electron chi connectivity index (χ1n) is 11.9. The number of anilines is 2. The van der Waals surface area contributed by atoms with Crippen molar-refractivity contribution in [2.75, 3.05) is 5.06 Å². The second kappa shape index (κ2) is 8.99. The number of nitroso groups, excluding NO2 is 1. The molecule has 0 N–H and O–H groups in total. The van der Waals surface area contributed by atoms with Crippen LogP contribution in [-0.4, -0.2) is 0 Å². The van der Waals surface area contributed by atoms with Crippen LogP contribution in [0, 0.1) is 10.1 Å². The molecule has 0 heterocycles. The van der Waals surface area contributed by atoms with Gasteiger partial charge in [-0.15, -0.1) is 0 Å². The molecule has 0 aliphatic carbocycles. The molecule has 0 fully saturated rings. The highest BCUT2D eigenvalue weighted by molar-refractivity contribution is 5.70. The second-order valence-electron chi connectivity index (χ2n) is 12.2. The van der Waals surface area contributed by atoms with Crippen molar-refractivity contribution in [1.29, 1.82) is 0 Å². The van der Waals surface area contributed by atoms with Crippen LogP contribution in [0.4, 0.5) is 22.7 Å². The van der Waals surface area contributed by atoms with Crippen LogP contribution in [0.25, 0.3) is 0 Å². The summed E-state index contributed by atoms with van der Waals surface area (Å²) in [6.07, 6.45) is 0. The van der Waals surface area contributed by atoms with Gasteiger partial charge in [0.05, 0.1) is 4.76 Å². The fourth-order valence-corrected chi connectivity index (χ4v) is 3.75. The van der Waals surface area contributed by atoms with E-state index < -0.39 is 0 Å². The Morgan fingerprint density at radius 1 is 0.559 bits per heavy atom. The van der Waals surface area contributed by atoms with Gasteiger partial charge in [-0.05, 0) is 51.1 Å². The third kappa shape index (κ3) is 5.74. The van der Waals surface area contributed by atoms with Gasteiger partial charge in [0.15, 0.2) is 0 Å². The van der Waals surface area contributed by atoms with E-state index in [4.69, 9.17) is 0 Å². The molecule has 4 heteroatoms. The first-order chi connectivity index (χ1) is 15.6. The molecule has 0 spiro atoms. The molecule has 0 aliphatic heterocycles.